The van der Waals surface area contributed by atoms with Gasteiger partial charge in [0.1, 0.15) is 5.82 Å². The van der Waals surface area contributed by atoms with E-state index in [-0.39, 0.29) is 17.8 Å². The van der Waals surface area contributed by atoms with Crippen molar-refractivity contribution in [3.63, 3.8) is 0 Å². The smallest absolute Gasteiger partial charge is 0.221 e. The molecule has 1 N–H and O–H groups in total. The molecule has 0 aliphatic carbocycles. The minimum Gasteiger partial charge on any atom is -0.345 e. The Morgan fingerprint density at radius 2 is 1.57 bits per heavy atom. The van der Waals surface area contributed by atoms with Crippen molar-refractivity contribution in [2.75, 3.05) is 13.1 Å². The van der Waals surface area contributed by atoms with E-state index >= 15 is 0 Å². The van der Waals surface area contributed by atoms with Crippen molar-refractivity contribution in [2.24, 2.45) is 5.92 Å². The number of aryl methyl sites for hydroxylation is 1. The van der Waals surface area contributed by atoms with Crippen molar-refractivity contribution in [1.29, 1.82) is 0 Å². The van der Waals surface area contributed by atoms with E-state index in [0.717, 1.165) is 50.1 Å². The van der Waals surface area contributed by atoms with Crippen LogP contribution in [0.3, 0.4) is 0 Å². The number of hydrogen-bond donors (Lipinski definition) is 1. The fourth-order valence-electron chi connectivity index (χ4n) is 6.31. The van der Waals surface area contributed by atoms with Gasteiger partial charge in [-0.25, -0.2) is 4.39 Å². The SMILES string of the molecule is CCn1c2ccccc2c2ccc(CN3CCC(CC(=O)NC(c4ccccc4)c4cccc(F)c4)CC3)cc21. The largest absolute Gasteiger partial charge is 0.345 e. The predicted molar refractivity (Wildman–Crippen MR) is 161 cm³/mol. The molecule has 204 valence electrons. The zero-order valence-corrected chi connectivity index (χ0v) is 23.0. The molecule has 40 heavy (non-hydrogen) atoms. The van der Waals surface area contributed by atoms with Crippen LogP contribution in [0, 0.1) is 11.7 Å². The van der Waals surface area contributed by atoms with Gasteiger partial charge in [-0.15, -0.1) is 0 Å². The number of para-hydroxylation sites is 1. The summed E-state index contributed by atoms with van der Waals surface area (Å²) < 4.78 is 16.4. The summed E-state index contributed by atoms with van der Waals surface area (Å²) in [6.45, 7) is 6.05. The van der Waals surface area contributed by atoms with Crippen molar-refractivity contribution in [2.45, 2.75) is 45.3 Å². The van der Waals surface area contributed by atoms with Crippen LogP contribution in [0.25, 0.3) is 21.8 Å². The maximum absolute atomic E-state index is 14.0. The van der Waals surface area contributed by atoms with Crippen LogP contribution in [-0.2, 0) is 17.9 Å². The molecule has 1 aromatic heterocycles. The van der Waals surface area contributed by atoms with E-state index in [0.29, 0.717) is 12.3 Å². The molecule has 1 fully saturated rings. The molecule has 0 bridgehead atoms. The number of amides is 1. The van der Waals surface area contributed by atoms with Crippen LogP contribution in [-0.4, -0.2) is 28.5 Å². The molecule has 1 saturated heterocycles. The highest BCUT2D eigenvalue weighted by Crippen LogP contribution is 2.31. The van der Waals surface area contributed by atoms with Crippen molar-refractivity contribution in [1.82, 2.24) is 14.8 Å². The number of fused-ring (bicyclic) bond motifs is 3. The first-order valence-corrected chi connectivity index (χ1v) is 14.4. The van der Waals surface area contributed by atoms with E-state index in [4.69, 9.17) is 0 Å². The van der Waals surface area contributed by atoms with Gasteiger partial charge in [-0.2, -0.15) is 0 Å². The third kappa shape index (κ3) is 5.52. The highest BCUT2D eigenvalue weighted by molar-refractivity contribution is 6.08. The molecule has 1 atom stereocenters. The Kier molecular flexibility index (Phi) is 7.65. The molecule has 6 rings (SSSR count). The molecule has 4 nitrogen and oxygen atoms in total. The zero-order chi connectivity index (χ0) is 27.5. The van der Waals surface area contributed by atoms with Crippen LogP contribution in [0.2, 0.25) is 0 Å². The fraction of sp³-hybridized carbons (Fsp3) is 0.286. The second-order valence-corrected chi connectivity index (χ2v) is 11.0. The quantitative estimate of drug-likeness (QED) is 0.225. The van der Waals surface area contributed by atoms with Crippen LogP contribution in [0.5, 0.6) is 0 Å². The molecule has 5 aromatic rings. The number of halogens is 1. The van der Waals surface area contributed by atoms with E-state index in [1.807, 2.05) is 36.4 Å². The summed E-state index contributed by atoms with van der Waals surface area (Å²) in [5.74, 6) is 0.0788. The number of piperidine rings is 1. The number of aromatic nitrogens is 1. The van der Waals surface area contributed by atoms with Gasteiger partial charge < -0.3 is 9.88 Å². The molecule has 2 heterocycles. The van der Waals surface area contributed by atoms with E-state index in [9.17, 15) is 9.18 Å². The first-order chi connectivity index (χ1) is 19.6. The van der Waals surface area contributed by atoms with Gasteiger partial charge in [0.05, 0.1) is 6.04 Å². The number of nitrogens with one attached hydrogen (secondary N) is 1. The molecule has 1 unspecified atom stereocenters. The van der Waals surface area contributed by atoms with Gasteiger partial charge in [-0.05, 0) is 79.7 Å². The maximum atomic E-state index is 14.0. The average Bonchev–Trinajstić information content (AvgIpc) is 3.30. The Balaban J connectivity index is 1.08. The van der Waals surface area contributed by atoms with Gasteiger partial charge in [-0.3, -0.25) is 9.69 Å². The molecule has 1 aliphatic rings. The normalized spacial score (nSPS) is 15.4. The van der Waals surface area contributed by atoms with Gasteiger partial charge in [0, 0.05) is 41.3 Å². The molecular formula is C35H36FN3O. The Labute approximate surface area is 235 Å². The second kappa shape index (κ2) is 11.6. The first-order valence-electron chi connectivity index (χ1n) is 14.4. The van der Waals surface area contributed by atoms with Crippen molar-refractivity contribution < 1.29 is 9.18 Å². The van der Waals surface area contributed by atoms with E-state index in [1.54, 1.807) is 6.07 Å². The third-order valence-electron chi connectivity index (χ3n) is 8.36. The monoisotopic (exact) mass is 533 g/mol. The number of rotatable bonds is 8. The molecule has 0 radical (unpaired) electrons. The summed E-state index contributed by atoms with van der Waals surface area (Å²) in [7, 11) is 0. The number of carbonyl (C=O) groups excluding carboxylic acids is 1. The van der Waals surface area contributed by atoms with Gasteiger partial charge in [0.25, 0.3) is 0 Å². The number of carbonyl (C=O) groups is 1. The Hall–Kier alpha value is -3.96. The molecular weight excluding hydrogens is 497 g/mol. The first kappa shape index (κ1) is 26.3. The van der Waals surface area contributed by atoms with E-state index in [2.05, 4.69) is 64.2 Å². The Bertz CT molecular complexity index is 1620. The minimum absolute atomic E-state index is 0.0226. The van der Waals surface area contributed by atoms with Crippen molar-refractivity contribution in [3.05, 3.63) is 120 Å². The van der Waals surface area contributed by atoms with Crippen LogP contribution >= 0.6 is 0 Å². The van der Waals surface area contributed by atoms with Gasteiger partial charge >= 0.3 is 0 Å². The van der Waals surface area contributed by atoms with Gasteiger partial charge in [0.2, 0.25) is 5.91 Å². The lowest BCUT2D eigenvalue weighted by atomic mass is 9.92. The molecule has 0 spiro atoms. The fourth-order valence-corrected chi connectivity index (χ4v) is 6.31. The van der Waals surface area contributed by atoms with Gasteiger partial charge in [-0.1, -0.05) is 72.8 Å². The van der Waals surface area contributed by atoms with Crippen LogP contribution in [0.1, 0.15) is 48.9 Å². The second-order valence-electron chi connectivity index (χ2n) is 11.0. The lowest BCUT2D eigenvalue weighted by Gasteiger charge is -2.32. The maximum Gasteiger partial charge on any atom is 0.221 e. The summed E-state index contributed by atoms with van der Waals surface area (Å²) in [5.41, 5.74) is 5.65. The molecule has 0 saturated carbocycles. The molecule has 1 aliphatic heterocycles. The lowest BCUT2D eigenvalue weighted by Crippen LogP contribution is -2.36. The number of likely N-dealkylation sites (tertiary alicyclic amines) is 1. The number of nitrogens with zero attached hydrogens (tertiary/aromatic N) is 2. The molecule has 4 aromatic carbocycles. The number of benzene rings is 4. The Morgan fingerprint density at radius 3 is 2.35 bits per heavy atom. The third-order valence-corrected chi connectivity index (χ3v) is 8.36. The summed E-state index contributed by atoms with van der Waals surface area (Å²) in [4.78, 5) is 15.7. The predicted octanol–water partition coefficient (Wildman–Crippen LogP) is 7.46. The van der Waals surface area contributed by atoms with Crippen LogP contribution in [0.15, 0.2) is 97.1 Å². The van der Waals surface area contributed by atoms with E-state index in [1.165, 1.54) is 39.5 Å². The lowest BCUT2D eigenvalue weighted by molar-refractivity contribution is -0.122. The molecule has 5 heteroatoms. The average molecular weight is 534 g/mol. The number of hydrogen-bond acceptors (Lipinski definition) is 2. The van der Waals surface area contributed by atoms with E-state index < -0.39 is 0 Å². The Morgan fingerprint density at radius 1 is 0.850 bits per heavy atom. The topological polar surface area (TPSA) is 37.3 Å². The summed E-state index contributed by atoms with van der Waals surface area (Å²) in [5, 5.41) is 5.83. The highest BCUT2D eigenvalue weighted by Gasteiger charge is 2.24. The summed E-state index contributed by atoms with van der Waals surface area (Å²) >= 11 is 0. The molecule has 1 amide bonds. The standard InChI is InChI=1S/C35H36FN3O/c1-2-39-32-14-7-6-13-30(32)31-16-15-26(21-33(31)39)24-38-19-17-25(18-20-38)22-34(40)37-35(27-9-4-3-5-10-27)28-11-8-12-29(36)23-28/h3-16,21,23,25,35H,2,17-20,22,24H2,1H3,(H,37,40). The summed E-state index contributed by atoms with van der Waals surface area (Å²) in [6.07, 6.45) is 2.50. The van der Waals surface area contributed by atoms with Crippen molar-refractivity contribution >= 4 is 27.7 Å². The van der Waals surface area contributed by atoms with Crippen LogP contribution in [0.4, 0.5) is 4.39 Å². The van der Waals surface area contributed by atoms with Gasteiger partial charge in [0.15, 0.2) is 0 Å². The van der Waals surface area contributed by atoms with Crippen LogP contribution < -0.4 is 5.32 Å². The summed E-state index contributed by atoms with van der Waals surface area (Å²) in [6, 6.07) is 31.5. The van der Waals surface area contributed by atoms with Crippen molar-refractivity contribution in [3.8, 4) is 0 Å². The highest BCUT2D eigenvalue weighted by atomic mass is 19.1. The minimum atomic E-state index is -0.363. The zero-order valence-electron chi connectivity index (χ0n) is 23.0.